The highest BCUT2D eigenvalue weighted by Crippen LogP contribution is 2.26. The Hall–Kier alpha value is -2.84. The summed E-state index contributed by atoms with van der Waals surface area (Å²) in [5.74, 6) is 0. The molecule has 0 saturated heterocycles. The summed E-state index contributed by atoms with van der Waals surface area (Å²) in [6.07, 6.45) is 0. The number of nitrogens with one attached hydrogen (secondary N) is 2. The van der Waals surface area contributed by atoms with E-state index < -0.39 is 20.0 Å². The van der Waals surface area contributed by atoms with Gasteiger partial charge < -0.3 is 0 Å². The Bertz CT molecular complexity index is 1010. The zero-order chi connectivity index (χ0) is 18.6. The summed E-state index contributed by atoms with van der Waals surface area (Å²) in [6, 6.07) is 21.9. The topological polar surface area (TPSA) is 92.3 Å². The lowest BCUT2D eigenvalue weighted by Gasteiger charge is -2.14. The molecule has 0 spiro atoms. The second-order valence-electron chi connectivity index (χ2n) is 5.38. The summed E-state index contributed by atoms with van der Waals surface area (Å²) in [4.78, 5) is 0.168. The fraction of sp³-hybridized carbons (Fsp3) is 0. The van der Waals surface area contributed by atoms with Gasteiger partial charge in [-0.05, 0) is 36.4 Å². The van der Waals surface area contributed by atoms with Gasteiger partial charge in [0.25, 0.3) is 20.0 Å². The zero-order valence-corrected chi connectivity index (χ0v) is 15.2. The first-order chi connectivity index (χ1) is 12.4. The maximum atomic E-state index is 12.5. The van der Waals surface area contributed by atoms with Crippen molar-refractivity contribution >= 4 is 31.4 Å². The minimum atomic E-state index is -3.84. The monoisotopic (exact) mass is 388 g/mol. The Balaban J connectivity index is 1.92. The molecule has 3 aromatic carbocycles. The highest BCUT2D eigenvalue weighted by atomic mass is 32.2. The van der Waals surface area contributed by atoms with Gasteiger partial charge in [0.2, 0.25) is 0 Å². The van der Waals surface area contributed by atoms with E-state index in [9.17, 15) is 16.8 Å². The maximum Gasteiger partial charge on any atom is 0.261 e. The molecule has 134 valence electrons. The lowest BCUT2D eigenvalue weighted by molar-refractivity contribution is 0.599. The molecule has 0 aliphatic carbocycles. The van der Waals surface area contributed by atoms with Crippen molar-refractivity contribution in [1.29, 1.82) is 0 Å². The van der Waals surface area contributed by atoms with Crippen LogP contribution in [0, 0.1) is 0 Å². The van der Waals surface area contributed by atoms with E-state index in [1.807, 2.05) is 0 Å². The molecule has 0 aliphatic heterocycles. The van der Waals surface area contributed by atoms with E-state index in [4.69, 9.17) is 0 Å². The average Bonchev–Trinajstić information content (AvgIpc) is 2.64. The molecule has 3 aromatic rings. The third-order valence-electron chi connectivity index (χ3n) is 3.52. The standard InChI is InChI=1S/C18H16N2O4S2/c21-25(22,15-9-3-1-4-10-15)19-17-13-7-8-14-18(17)20-26(23,24)16-11-5-2-6-12-16/h1-14,19-20H. The summed E-state index contributed by atoms with van der Waals surface area (Å²) in [5.41, 5.74) is 0.270. The van der Waals surface area contributed by atoms with Gasteiger partial charge in [-0.25, -0.2) is 16.8 Å². The Morgan fingerprint density at radius 3 is 1.12 bits per heavy atom. The van der Waals surface area contributed by atoms with Crippen molar-refractivity contribution in [2.24, 2.45) is 0 Å². The van der Waals surface area contributed by atoms with Crippen LogP contribution in [0.1, 0.15) is 0 Å². The van der Waals surface area contributed by atoms with Crippen LogP contribution in [0.5, 0.6) is 0 Å². The molecule has 6 nitrogen and oxygen atoms in total. The number of para-hydroxylation sites is 2. The quantitative estimate of drug-likeness (QED) is 0.678. The van der Waals surface area contributed by atoms with Crippen LogP contribution in [-0.4, -0.2) is 16.8 Å². The molecule has 0 aliphatic rings. The molecule has 0 aromatic heterocycles. The van der Waals surface area contributed by atoms with Crippen LogP contribution < -0.4 is 9.44 Å². The highest BCUT2D eigenvalue weighted by Gasteiger charge is 2.19. The lowest BCUT2D eigenvalue weighted by Crippen LogP contribution is -2.17. The summed E-state index contributed by atoms with van der Waals surface area (Å²) in [6.45, 7) is 0. The molecular weight excluding hydrogens is 372 g/mol. The lowest BCUT2D eigenvalue weighted by atomic mass is 10.3. The van der Waals surface area contributed by atoms with E-state index in [-0.39, 0.29) is 21.2 Å². The van der Waals surface area contributed by atoms with Crippen molar-refractivity contribution in [1.82, 2.24) is 0 Å². The van der Waals surface area contributed by atoms with E-state index in [1.165, 1.54) is 36.4 Å². The maximum absolute atomic E-state index is 12.5. The molecular formula is C18H16N2O4S2. The van der Waals surface area contributed by atoms with E-state index in [2.05, 4.69) is 9.44 Å². The van der Waals surface area contributed by atoms with Crippen molar-refractivity contribution in [3.8, 4) is 0 Å². The van der Waals surface area contributed by atoms with Crippen LogP contribution in [0.3, 0.4) is 0 Å². The average molecular weight is 388 g/mol. The summed E-state index contributed by atoms with van der Waals surface area (Å²) >= 11 is 0. The third kappa shape index (κ3) is 4.04. The summed E-state index contributed by atoms with van der Waals surface area (Å²) in [5, 5.41) is 0. The Kier molecular flexibility index (Phi) is 4.97. The zero-order valence-electron chi connectivity index (χ0n) is 13.5. The van der Waals surface area contributed by atoms with Gasteiger partial charge in [0.15, 0.2) is 0 Å². The molecule has 0 radical (unpaired) electrons. The third-order valence-corrected chi connectivity index (χ3v) is 6.29. The van der Waals surface area contributed by atoms with E-state index in [1.54, 1.807) is 48.5 Å². The van der Waals surface area contributed by atoms with E-state index >= 15 is 0 Å². The summed E-state index contributed by atoms with van der Waals surface area (Å²) < 4.78 is 54.8. The van der Waals surface area contributed by atoms with Crippen molar-refractivity contribution in [3.63, 3.8) is 0 Å². The van der Waals surface area contributed by atoms with Gasteiger partial charge >= 0.3 is 0 Å². The fourth-order valence-electron chi connectivity index (χ4n) is 2.27. The van der Waals surface area contributed by atoms with Gasteiger partial charge in [0.05, 0.1) is 21.2 Å². The van der Waals surface area contributed by atoms with Crippen molar-refractivity contribution in [2.75, 3.05) is 9.44 Å². The van der Waals surface area contributed by atoms with Crippen LogP contribution in [0.4, 0.5) is 11.4 Å². The molecule has 0 bridgehead atoms. The smallest absolute Gasteiger partial charge is 0.261 e. The van der Waals surface area contributed by atoms with Crippen LogP contribution in [0.25, 0.3) is 0 Å². The first-order valence-corrected chi connectivity index (χ1v) is 10.6. The van der Waals surface area contributed by atoms with Crippen LogP contribution in [0.15, 0.2) is 94.7 Å². The number of hydrogen-bond acceptors (Lipinski definition) is 4. The molecule has 0 amide bonds. The van der Waals surface area contributed by atoms with Gasteiger partial charge in [0.1, 0.15) is 0 Å². The number of sulfonamides is 2. The van der Waals surface area contributed by atoms with Gasteiger partial charge in [-0.2, -0.15) is 0 Å². The normalized spacial score (nSPS) is 11.7. The molecule has 0 atom stereocenters. The molecule has 8 heteroatoms. The van der Waals surface area contributed by atoms with Crippen molar-refractivity contribution in [3.05, 3.63) is 84.9 Å². The first kappa shape index (κ1) is 18.0. The molecule has 3 rings (SSSR count). The van der Waals surface area contributed by atoms with Gasteiger partial charge in [-0.3, -0.25) is 9.44 Å². The predicted molar refractivity (Wildman–Crippen MR) is 101 cm³/mol. The number of hydrogen-bond donors (Lipinski definition) is 2. The molecule has 0 fully saturated rings. The van der Waals surface area contributed by atoms with Gasteiger partial charge in [-0.15, -0.1) is 0 Å². The minimum absolute atomic E-state index is 0.0840. The number of benzene rings is 3. The van der Waals surface area contributed by atoms with Gasteiger partial charge in [-0.1, -0.05) is 48.5 Å². The molecule has 0 heterocycles. The van der Waals surface area contributed by atoms with E-state index in [0.717, 1.165) is 0 Å². The molecule has 0 saturated carbocycles. The second kappa shape index (κ2) is 7.19. The van der Waals surface area contributed by atoms with Crippen LogP contribution >= 0.6 is 0 Å². The fourth-order valence-corrected chi connectivity index (χ4v) is 4.47. The SMILES string of the molecule is O=S(=O)(Nc1ccccc1NS(=O)(=O)c1ccccc1)c1ccccc1. The predicted octanol–water partition coefficient (Wildman–Crippen LogP) is 3.29. The van der Waals surface area contributed by atoms with Crippen LogP contribution in [-0.2, 0) is 20.0 Å². The Morgan fingerprint density at radius 2 is 0.769 bits per heavy atom. The number of rotatable bonds is 6. The van der Waals surface area contributed by atoms with Crippen LogP contribution in [0.2, 0.25) is 0 Å². The largest absolute Gasteiger partial charge is 0.277 e. The second-order valence-corrected chi connectivity index (χ2v) is 8.75. The van der Waals surface area contributed by atoms with Crippen molar-refractivity contribution < 1.29 is 16.8 Å². The van der Waals surface area contributed by atoms with Crippen molar-refractivity contribution in [2.45, 2.75) is 9.79 Å². The first-order valence-electron chi connectivity index (χ1n) is 7.63. The highest BCUT2D eigenvalue weighted by molar-refractivity contribution is 7.93. The minimum Gasteiger partial charge on any atom is -0.277 e. The van der Waals surface area contributed by atoms with Gasteiger partial charge in [0, 0.05) is 0 Å². The summed E-state index contributed by atoms with van der Waals surface area (Å²) in [7, 11) is -7.68. The Morgan fingerprint density at radius 1 is 0.462 bits per heavy atom. The molecule has 26 heavy (non-hydrogen) atoms. The number of anilines is 2. The molecule has 0 unspecified atom stereocenters. The molecule has 2 N–H and O–H groups in total. The Labute approximate surface area is 152 Å². The van der Waals surface area contributed by atoms with E-state index in [0.29, 0.717) is 0 Å².